The number of aromatic nitrogens is 4. The maximum Gasteiger partial charge on any atom is 0.344 e. The molecule has 0 aliphatic carbocycles. The number of hydrogen-bond acceptors (Lipinski definition) is 8. The molecule has 0 atom stereocenters. The number of aliphatic hydroxyl groups is 2. The Labute approximate surface area is 223 Å². The third-order valence-electron chi connectivity index (χ3n) is 6.58. The Hall–Kier alpha value is -1.63. The second-order valence-corrected chi connectivity index (χ2v) is 11.3. The van der Waals surface area contributed by atoms with E-state index in [0.29, 0.717) is 42.7 Å². The van der Waals surface area contributed by atoms with E-state index in [9.17, 15) is 15.0 Å². The van der Waals surface area contributed by atoms with Gasteiger partial charge in [-0.05, 0) is 78.3 Å². The number of carbonyl (C=O) groups excluding carboxylic acids is 1. The van der Waals surface area contributed by atoms with Crippen molar-refractivity contribution in [3.8, 4) is 0 Å². The van der Waals surface area contributed by atoms with E-state index in [-0.39, 0.29) is 5.97 Å². The Morgan fingerprint density at radius 3 is 1.94 bits per heavy atom. The molecule has 2 aromatic rings. The van der Waals surface area contributed by atoms with Gasteiger partial charge in [-0.1, -0.05) is 0 Å². The molecule has 2 N–H and O–H groups in total. The van der Waals surface area contributed by atoms with Crippen molar-refractivity contribution in [2.45, 2.75) is 57.7 Å². The molecule has 0 saturated carbocycles. The summed E-state index contributed by atoms with van der Waals surface area (Å²) < 4.78 is 9.99. The van der Waals surface area contributed by atoms with Crippen LogP contribution in [-0.4, -0.2) is 79.7 Å². The van der Waals surface area contributed by atoms with Crippen LogP contribution in [0.4, 0.5) is 11.6 Å². The largest absolute Gasteiger partial charge is 0.462 e. The summed E-state index contributed by atoms with van der Waals surface area (Å²) in [4.78, 5) is 16.4. The number of halogens is 2. The Kier molecular flexibility index (Phi) is 8.93. The number of esters is 1. The Morgan fingerprint density at radius 1 is 0.971 bits per heavy atom. The van der Waals surface area contributed by atoms with Gasteiger partial charge in [0.2, 0.25) is 0 Å². The van der Waals surface area contributed by atoms with Crippen molar-refractivity contribution >= 4 is 49.5 Å². The minimum absolute atomic E-state index is 0.328. The number of nitrogens with zero attached hydrogens (tertiary/aromatic N) is 6. The maximum absolute atomic E-state index is 12.1. The molecule has 2 aliphatic rings. The number of aryl methyl sites for hydroxylation is 2. The van der Waals surface area contributed by atoms with Crippen LogP contribution >= 0.6 is 31.9 Å². The SMILES string of the molecule is CCOC(=O)c1c(Br)nn(C)c1N1CCC(C)(O)CC1.Cn1nc(Br)cc1N1CCC(C)(O)CC1. The van der Waals surface area contributed by atoms with Gasteiger partial charge in [-0.2, -0.15) is 10.2 Å². The van der Waals surface area contributed by atoms with Crippen LogP contribution in [0.2, 0.25) is 0 Å². The molecule has 2 fully saturated rings. The Morgan fingerprint density at radius 2 is 1.49 bits per heavy atom. The first kappa shape index (κ1) is 27.9. The lowest BCUT2D eigenvalue weighted by molar-refractivity contribution is 0.0343. The fourth-order valence-electron chi connectivity index (χ4n) is 4.36. The minimum Gasteiger partial charge on any atom is -0.462 e. The quantitative estimate of drug-likeness (QED) is 0.502. The molecule has 0 amide bonds. The summed E-state index contributed by atoms with van der Waals surface area (Å²) in [6, 6.07) is 2.01. The van der Waals surface area contributed by atoms with Crippen LogP contribution < -0.4 is 9.80 Å². The zero-order valence-electron chi connectivity index (χ0n) is 21.1. The molecule has 0 spiro atoms. The van der Waals surface area contributed by atoms with Gasteiger partial charge in [0.05, 0.1) is 17.8 Å². The van der Waals surface area contributed by atoms with Crippen molar-refractivity contribution in [3.05, 3.63) is 20.8 Å². The van der Waals surface area contributed by atoms with E-state index >= 15 is 0 Å². The lowest BCUT2D eigenvalue weighted by Crippen LogP contribution is -2.43. The van der Waals surface area contributed by atoms with Crippen LogP contribution in [0.15, 0.2) is 15.3 Å². The topological polar surface area (TPSA) is 109 Å². The van der Waals surface area contributed by atoms with E-state index in [0.717, 1.165) is 42.2 Å². The monoisotopic (exact) mass is 618 g/mol. The zero-order chi connectivity index (χ0) is 26.0. The Bertz CT molecular complexity index is 1020. The molecule has 35 heavy (non-hydrogen) atoms. The molecule has 2 saturated heterocycles. The smallest absolute Gasteiger partial charge is 0.344 e. The molecule has 10 nitrogen and oxygen atoms in total. The van der Waals surface area contributed by atoms with Crippen LogP contribution in [-0.2, 0) is 18.8 Å². The highest BCUT2D eigenvalue weighted by molar-refractivity contribution is 9.10. The summed E-state index contributed by atoms with van der Waals surface area (Å²) in [6.45, 7) is 9.00. The average molecular weight is 620 g/mol. The summed E-state index contributed by atoms with van der Waals surface area (Å²) in [5, 5.41) is 28.4. The number of rotatable bonds is 4. The Balaban J connectivity index is 0.000000203. The molecule has 4 heterocycles. The van der Waals surface area contributed by atoms with Crippen molar-refractivity contribution < 1.29 is 19.7 Å². The van der Waals surface area contributed by atoms with Gasteiger partial charge in [-0.3, -0.25) is 9.36 Å². The van der Waals surface area contributed by atoms with Crippen LogP contribution in [0.25, 0.3) is 0 Å². The predicted molar refractivity (Wildman–Crippen MR) is 142 cm³/mol. The van der Waals surface area contributed by atoms with Gasteiger partial charge < -0.3 is 24.7 Å². The molecule has 0 unspecified atom stereocenters. The van der Waals surface area contributed by atoms with Crippen molar-refractivity contribution in [1.29, 1.82) is 0 Å². The van der Waals surface area contributed by atoms with Gasteiger partial charge in [0.1, 0.15) is 26.4 Å². The van der Waals surface area contributed by atoms with Gasteiger partial charge in [0.15, 0.2) is 0 Å². The summed E-state index contributed by atoms with van der Waals surface area (Å²) in [5.41, 5.74) is -0.668. The summed E-state index contributed by atoms with van der Waals surface area (Å²) in [6.07, 6.45) is 2.96. The fraction of sp³-hybridized carbons (Fsp3) is 0.696. The molecular weight excluding hydrogens is 584 g/mol. The van der Waals surface area contributed by atoms with Crippen LogP contribution in [0.5, 0.6) is 0 Å². The molecule has 12 heteroatoms. The highest BCUT2D eigenvalue weighted by atomic mass is 79.9. The first-order valence-electron chi connectivity index (χ1n) is 11.9. The maximum atomic E-state index is 12.1. The lowest BCUT2D eigenvalue weighted by Gasteiger charge is -2.37. The van der Waals surface area contributed by atoms with Crippen LogP contribution in [0, 0.1) is 0 Å². The summed E-state index contributed by atoms with van der Waals surface area (Å²) in [7, 11) is 3.74. The van der Waals surface area contributed by atoms with Gasteiger partial charge in [0, 0.05) is 46.3 Å². The number of anilines is 2. The van der Waals surface area contributed by atoms with Crippen molar-refractivity contribution in [2.24, 2.45) is 14.1 Å². The van der Waals surface area contributed by atoms with E-state index < -0.39 is 11.2 Å². The van der Waals surface area contributed by atoms with Crippen LogP contribution in [0.1, 0.15) is 56.8 Å². The van der Waals surface area contributed by atoms with E-state index in [4.69, 9.17) is 4.74 Å². The molecule has 196 valence electrons. The number of piperidine rings is 2. The predicted octanol–water partition coefficient (Wildman–Crippen LogP) is 3.24. The van der Waals surface area contributed by atoms with Crippen molar-refractivity contribution in [1.82, 2.24) is 19.6 Å². The molecule has 4 rings (SSSR count). The summed E-state index contributed by atoms with van der Waals surface area (Å²) >= 11 is 6.68. The lowest BCUT2D eigenvalue weighted by atomic mass is 9.94. The number of carbonyl (C=O) groups is 1. The highest BCUT2D eigenvalue weighted by Gasteiger charge is 2.33. The highest BCUT2D eigenvalue weighted by Crippen LogP contribution is 2.32. The summed E-state index contributed by atoms with van der Waals surface area (Å²) in [5.74, 6) is 1.48. The van der Waals surface area contributed by atoms with Crippen molar-refractivity contribution in [3.63, 3.8) is 0 Å². The third-order valence-corrected chi connectivity index (χ3v) is 7.53. The zero-order valence-corrected chi connectivity index (χ0v) is 24.3. The van der Waals surface area contributed by atoms with Gasteiger partial charge in [-0.25, -0.2) is 4.79 Å². The number of hydrogen-bond donors (Lipinski definition) is 2. The van der Waals surface area contributed by atoms with E-state index in [1.807, 2.05) is 31.6 Å². The number of ether oxygens (including phenoxy) is 1. The standard InChI is InChI=1S/C13H20BrN3O3.C10H16BrN3O/c1-4-20-12(18)9-10(14)15-16(3)11(9)17-7-5-13(2,19)6-8-17;1-10(15)3-5-14(6-4-10)9-7-8(11)12-13(9)2/h19H,4-8H2,1-3H3;7,15H,3-6H2,1-2H3. The van der Waals surface area contributed by atoms with Gasteiger partial charge in [-0.15, -0.1) is 0 Å². The van der Waals surface area contributed by atoms with E-state index in [1.165, 1.54) is 0 Å². The normalized spacial score (nSPS) is 19.2. The van der Waals surface area contributed by atoms with E-state index in [1.54, 1.807) is 18.7 Å². The second-order valence-electron chi connectivity index (χ2n) is 9.75. The molecule has 0 aromatic carbocycles. The van der Waals surface area contributed by atoms with Crippen LogP contribution in [0.3, 0.4) is 0 Å². The van der Waals surface area contributed by atoms with Gasteiger partial charge >= 0.3 is 5.97 Å². The van der Waals surface area contributed by atoms with E-state index in [2.05, 4.69) is 51.9 Å². The second kappa shape index (κ2) is 11.2. The third kappa shape index (κ3) is 6.99. The fourth-order valence-corrected chi connectivity index (χ4v) is 5.38. The molecule has 0 radical (unpaired) electrons. The molecule has 2 aliphatic heterocycles. The first-order chi connectivity index (χ1) is 16.3. The first-order valence-corrected chi connectivity index (χ1v) is 13.5. The minimum atomic E-state index is -0.629. The molecular formula is C23H36Br2N6O4. The average Bonchev–Trinajstić information content (AvgIpc) is 3.25. The molecule has 0 bridgehead atoms. The van der Waals surface area contributed by atoms with Crippen molar-refractivity contribution in [2.75, 3.05) is 42.6 Å². The van der Waals surface area contributed by atoms with Gasteiger partial charge in [0.25, 0.3) is 0 Å². The molecule has 2 aromatic heterocycles.